The van der Waals surface area contributed by atoms with E-state index in [1.165, 1.54) is 6.34 Å². The Morgan fingerprint density at radius 1 is 1.11 bits per heavy atom. The molecule has 0 fully saturated rings. The van der Waals surface area contributed by atoms with Crippen molar-refractivity contribution in [1.29, 1.82) is 0 Å². The van der Waals surface area contributed by atoms with Crippen molar-refractivity contribution in [3.05, 3.63) is 0 Å². The van der Waals surface area contributed by atoms with Gasteiger partial charge in [0, 0.05) is 46.2 Å². The van der Waals surface area contributed by atoms with Crippen LogP contribution in [0.15, 0.2) is 30.0 Å². The van der Waals surface area contributed by atoms with Crippen LogP contribution >= 0.6 is 0 Å². The number of hydrogen-bond acceptors (Lipinski definition) is 4. The summed E-state index contributed by atoms with van der Waals surface area (Å²) in [6.07, 6.45) is 7.16. The van der Waals surface area contributed by atoms with Crippen molar-refractivity contribution in [2.24, 2.45) is 30.0 Å². The van der Waals surface area contributed by atoms with E-state index in [4.69, 9.17) is 0 Å². The summed E-state index contributed by atoms with van der Waals surface area (Å²) in [5.74, 6) is 0.705. The fourth-order valence-electron chi connectivity index (χ4n) is 1.05. The standard InChI is InChI=1S/C12H20N6/c1-5-17-12(6-7-16-10-14-3)18-9-11(15-4)8-13-2/h5,7-8,10H,6,9H2,1-4H3. The maximum absolute atomic E-state index is 4.36. The summed E-state index contributed by atoms with van der Waals surface area (Å²) in [7, 11) is 5.09. The Hall–Kier alpha value is -1.98. The van der Waals surface area contributed by atoms with Crippen LogP contribution in [0.5, 0.6) is 0 Å². The van der Waals surface area contributed by atoms with Gasteiger partial charge in [0.25, 0.3) is 0 Å². The van der Waals surface area contributed by atoms with E-state index >= 15 is 0 Å². The van der Waals surface area contributed by atoms with Gasteiger partial charge < -0.3 is 0 Å². The third-order valence-corrected chi connectivity index (χ3v) is 1.83. The molecule has 0 amide bonds. The van der Waals surface area contributed by atoms with Crippen molar-refractivity contribution in [3.8, 4) is 0 Å². The van der Waals surface area contributed by atoms with Gasteiger partial charge in [0.2, 0.25) is 0 Å². The molecule has 0 bridgehead atoms. The first-order valence-electron chi connectivity index (χ1n) is 5.60. The number of rotatable bonds is 6. The summed E-state index contributed by atoms with van der Waals surface area (Å²) >= 11 is 0. The van der Waals surface area contributed by atoms with Crippen LogP contribution in [0.25, 0.3) is 0 Å². The van der Waals surface area contributed by atoms with Gasteiger partial charge in [-0.25, -0.2) is 9.98 Å². The molecule has 0 unspecified atom stereocenters. The summed E-state index contributed by atoms with van der Waals surface area (Å²) in [5.41, 5.74) is 0.813. The van der Waals surface area contributed by atoms with Gasteiger partial charge in [-0.15, -0.1) is 0 Å². The fourth-order valence-corrected chi connectivity index (χ4v) is 1.05. The summed E-state index contributed by atoms with van der Waals surface area (Å²) < 4.78 is 0. The van der Waals surface area contributed by atoms with Gasteiger partial charge in [-0.3, -0.25) is 20.0 Å². The molecule has 0 aliphatic rings. The Morgan fingerprint density at radius 2 is 1.89 bits per heavy atom. The van der Waals surface area contributed by atoms with Gasteiger partial charge >= 0.3 is 0 Å². The van der Waals surface area contributed by atoms with Crippen LogP contribution in [0.2, 0.25) is 0 Å². The molecule has 0 rings (SSSR count). The molecule has 0 saturated heterocycles. The largest absolute Gasteiger partial charge is 0.295 e. The Bertz CT molecular complexity index is 387. The van der Waals surface area contributed by atoms with E-state index in [2.05, 4.69) is 30.0 Å². The quantitative estimate of drug-likeness (QED) is 0.503. The minimum Gasteiger partial charge on any atom is -0.295 e. The molecular formula is C12H20N6. The second-order valence-corrected chi connectivity index (χ2v) is 3.13. The van der Waals surface area contributed by atoms with Crippen LogP contribution in [0.3, 0.4) is 0 Å². The topological polar surface area (TPSA) is 74.2 Å². The van der Waals surface area contributed by atoms with Crippen molar-refractivity contribution < 1.29 is 0 Å². The predicted molar refractivity (Wildman–Crippen MR) is 81.8 cm³/mol. The summed E-state index contributed by atoms with van der Waals surface area (Å²) in [4.78, 5) is 24.2. The van der Waals surface area contributed by atoms with E-state index in [-0.39, 0.29) is 0 Å². The lowest BCUT2D eigenvalue weighted by Gasteiger charge is -1.97. The average molecular weight is 248 g/mol. The zero-order chi connectivity index (χ0) is 13.6. The lowest BCUT2D eigenvalue weighted by Crippen LogP contribution is -2.07. The molecule has 0 aliphatic carbocycles. The number of nitrogens with zero attached hydrogens (tertiary/aromatic N) is 6. The lowest BCUT2D eigenvalue weighted by atomic mass is 10.4. The monoisotopic (exact) mass is 248 g/mol. The van der Waals surface area contributed by atoms with Gasteiger partial charge in [0.05, 0.1) is 12.3 Å². The van der Waals surface area contributed by atoms with E-state index in [1.54, 1.807) is 39.8 Å². The van der Waals surface area contributed by atoms with Crippen molar-refractivity contribution in [2.45, 2.75) is 13.3 Å². The molecule has 6 heteroatoms. The van der Waals surface area contributed by atoms with Crippen LogP contribution in [0.4, 0.5) is 0 Å². The van der Waals surface area contributed by atoms with Crippen LogP contribution in [0.1, 0.15) is 13.3 Å². The van der Waals surface area contributed by atoms with Crippen molar-refractivity contribution >= 4 is 36.5 Å². The highest BCUT2D eigenvalue weighted by Crippen LogP contribution is 1.89. The van der Waals surface area contributed by atoms with Crippen LogP contribution in [-0.4, -0.2) is 64.2 Å². The lowest BCUT2D eigenvalue weighted by molar-refractivity contribution is 1.24. The molecule has 6 nitrogen and oxygen atoms in total. The van der Waals surface area contributed by atoms with Gasteiger partial charge in [0.1, 0.15) is 12.2 Å². The maximum Gasteiger partial charge on any atom is 0.128 e. The Labute approximate surface area is 108 Å². The molecule has 0 aromatic carbocycles. The molecule has 0 aliphatic heterocycles. The summed E-state index contributed by atoms with van der Waals surface area (Å²) in [5, 5.41) is 0. The Balaban J connectivity index is 4.58. The molecule has 0 radical (unpaired) electrons. The van der Waals surface area contributed by atoms with E-state index in [9.17, 15) is 0 Å². The zero-order valence-corrected chi connectivity index (χ0v) is 11.4. The number of amidine groups is 1. The second kappa shape index (κ2) is 11.5. The highest BCUT2D eigenvalue weighted by molar-refractivity contribution is 6.31. The van der Waals surface area contributed by atoms with Gasteiger partial charge in [-0.2, -0.15) is 0 Å². The van der Waals surface area contributed by atoms with Gasteiger partial charge in [0.15, 0.2) is 0 Å². The maximum atomic E-state index is 4.36. The fraction of sp³-hybridized carbons (Fsp3) is 0.500. The zero-order valence-electron chi connectivity index (χ0n) is 11.4. The van der Waals surface area contributed by atoms with Crippen LogP contribution in [-0.2, 0) is 0 Å². The van der Waals surface area contributed by atoms with Crippen LogP contribution in [0, 0.1) is 0 Å². The molecule has 0 spiro atoms. The third kappa shape index (κ3) is 8.20. The first-order chi connectivity index (χ1) is 8.78. The van der Waals surface area contributed by atoms with Gasteiger partial charge in [-0.1, -0.05) is 0 Å². The second-order valence-electron chi connectivity index (χ2n) is 3.13. The van der Waals surface area contributed by atoms with E-state index in [0.717, 1.165) is 5.71 Å². The molecule has 0 heterocycles. The third-order valence-electron chi connectivity index (χ3n) is 1.83. The normalized spacial score (nSPS) is 14.9. The summed E-state index contributed by atoms with van der Waals surface area (Å²) in [6.45, 7) is 2.32. The van der Waals surface area contributed by atoms with E-state index in [0.29, 0.717) is 18.8 Å². The SMILES string of the molecule is CC=NC(CC=NC=NC)=NCC(C=NC)=NC. The summed E-state index contributed by atoms with van der Waals surface area (Å²) in [6, 6.07) is 0. The van der Waals surface area contributed by atoms with E-state index in [1.807, 2.05) is 6.92 Å². The molecule has 0 N–H and O–H groups in total. The molecular weight excluding hydrogens is 228 g/mol. The van der Waals surface area contributed by atoms with Crippen molar-refractivity contribution in [1.82, 2.24) is 0 Å². The highest BCUT2D eigenvalue weighted by atomic mass is 14.9. The Kier molecular flexibility index (Phi) is 10.2. The molecule has 0 aromatic heterocycles. The minimum atomic E-state index is 0.468. The highest BCUT2D eigenvalue weighted by Gasteiger charge is 1.96. The smallest absolute Gasteiger partial charge is 0.128 e. The van der Waals surface area contributed by atoms with Crippen LogP contribution < -0.4 is 0 Å². The van der Waals surface area contributed by atoms with Crippen molar-refractivity contribution in [3.63, 3.8) is 0 Å². The van der Waals surface area contributed by atoms with Crippen molar-refractivity contribution in [2.75, 3.05) is 27.7 Å². The minimum absolute atomic E-state index is 0.468. The molecule has 98 valence electrons. The number of aliphatic imine (C=N–C) groups is 6. The molecule has 0 atom stereocenters. The van der Waals surface area contributed by atoms with E-state index < -0.39 is 0 Å². The van der Waals surface area contributed by atoms with Gasteiger partial charge in [-0.05, 0) is 6.92 Å². The first-order valence-corrected chi connectivity index (χ1v) is 5.60. The molecule has 18 heavy (non-hydrogen) atoms. The molecule has 0 aromatic rings. The molecule has 0 saturated carbocycles. The Morgan fingerprint density at radius 3 is 2.44 bits per heavy atom. The average Bonchev–Trinajstić information content (AvgIpc) is 2.39. The first kappa shape index (κ1) is 16.0. The predicted octanol–water partition coefficient (Wildman–Crippen LogP) is 1.37. The number of hydrogen-bond donors (Lipinski definition) is 0.